The second-order valence-electron chi connectivity index (χ2n) is 5.19. The van der Waals surface area contributed by atoms with Crippen molar-refractivity contribution in [1.82, 2.24) is 0 Å². The van der Waals surface area contributed by atoms with Crippen LogP contribution in [-0.2, 0) is 0 Å². The highest BCUT2D eigenvalue weighted by atomic mass is 35.5. The van der Waals surface area contributed by atoms with Gasteiger partial charge in [0.15, 0.2) is 0 Å². The lowest BCUT2D eigenvalue weighted by Crippen LogP contribution is -2.31. The summed E-state index contributed by atoms with van der Waals surface area (Å²) in [4.78, 5) is 14.7. The number of nitrogens with zero attached hydrogens (tertiary/aromatic N) is 1. The van der Waals surface area contributed by atoms with Crippen molar-refractivity contribution < 1.29 is 4.79 Å². The lowest BCUT2D eigenvalue weighted by molar-refractivity contribution is 0.0987. The fraction of sp³-hybridized carbons (Fsp3) is 0.235. The first-order valence-corrected chi connectivity index (χ1v) is 7.46. The Balaban J connectivity index is 2.03. The van der Waals surface area contributed by atoms with Gasteiger partial charge in [0.2, 0.25) is 0 Å². The molecule has 0 saturated heterocycles. The molecule has 1 aliphatic heterocycles. The van der Waals surface area contributed by atoms with E-state index in [1.54, 1.807) is 6.07 Å². The first-order chi connectivity index (χ1) is 10.2. The van der Waals surface area contributed by atoms with E-state index in [2.05, 4.69) is 5.32 Å². The fourth-order valence-corrected chi connectivity index (χ4v) is 2.81. The van der Waals surface area contributed by atoms with Crippen LogP contribution in [0, 0.1) is 6.92 Å². The monoisotopic (exact) mass is 300 g/mol. The minimum atomic E-state index is -0.0418. The lowest BCUT2D eigenvalue weighted by Gasteiger charge is -2.23. The summed E-state index contributed by atoms with van der Waals surface area (Å²) in [6.07, 6.45) is 0.907. The molecule has 21 heavy (non-hydrogen) atoms. The molecule has 108 valence electrons. The molecule has 0 atom stereocenters. The van der Waals surface area contributed by atoms with Gasteiger partial charge in [-0.05, 0) is 37.1 Å². The number of amides is 1. The van der Waals surface area contributed by atoms with Gasteiger partial charge in [-0.25, -0.2) is 0 Å². The first kappa shape index (κ1) is 14.0. The predicted molar refractivity (Wildman–Crippen MR) is 87.4 cm³/mol. The Kier molecular flexibility index (Phi) is 3.84. The number of aryl methyl sites for hydroxylation is 1. The van der Waals surface area contributed by atoms with Gasteiger partial charge in [0.1, 0.15) is 0 Å². The number of para-hydroxylation sites is 2. The van der Waals surface area contributed by atoms with Gasteiger partial charge >= 0.3 is 0 Å². The maximum Gasteiger partial charge on any atom is 0.259 e. The molecule has 1 amide bonds. The maximum atomic E-state index is 12.9. The van der Waals surface area contributed by atoms with Gasteiger partial charge in [-0.1, -0.05) is 35.9 Å². The Hall–Kier alpha value is -2.00. The average Bonchev–Trinajstić information content (AvgIpc) is 2.72. The molecule has 3 rings (SSSR count). The zero-order valence-electron chi connectivity index (χ0n) is 11.9. The largest absolute Gasteiger partial charge is 0.383 e. The van der Waals surface area contributed by atoms with Crippen LogP contribution in [0.4, 0.5) is 11.4 Å². The molecule has 0 fully saturated rings. The van der Waals surface area contributed by atoms with Crippen LogP contribution in [0.3, 0.4) is 0 Å². The summed E-state index contributed by atoms with van der Waals surface area (Å²) in [5, 5.41) is 3.90. The highest BCUT2D eigenvalue weighted by Gasteiger charge is 2.23. The molecule has 1 aliphatic rings. The van der Waals surface area contributed by atoms with Gasteiger partial charge in [0.05, 0.1) is 22.0 Å². The molecule has 0 spiro atoms. The third kappa shape index (κ3) is 2.61. The highest BCUT2D eigenvalue weighted by molar-refractivity contribution is 6.35. The Bertz CT molecular complexity index is 684. The SMILES string of the molecule is Cc1cccc(C(=O)N2CCCNc3ccccc32)c1Cl. The van der Waals surface area contributed by atoms with E-state index in [0.717, 1.165) is 29.9 Å². The van der Waals surface area contributed by atoms with E-state index in [0.29, 0.717) is 17.1 Å². The van der Waals surface area contributed by atoms with Crippen LogP contribution < -0.4 is 10.2 Å². The molecule has 1 heterocycles. The number of nitrogens with one attached hydrogen (secondary N) is 1. The van der Waals surface area contributed by atoms with Crippen LogP contribution in [-0.4, -0.2) is 19.0 Å². The minimum absolute atomic E-state index is 0.0418. The summed E-state index contributed by atoms with van der Waals surface area (Å²) in [6.45, 7) is 3.46. The molecule has 0 unspecified atom stereocenters. The smallest absolute Gasteiger partial charge is 0.259 e. The summed E-state index contributed by atoms with van der Waals surface area (Å²) < 4.78 is 0. The number of carbonyl (C=O) groups is 1. The molecule has 2 aromatic rings. The highest BCUT2D eigenvalue weighted by Crippen LogP contribution is 2.31. The second kappa shape index (κ2) is 5.78. The van der Waals surface area contributed by atoms with Crippen molar-refractivity contribution in [2.45, 2.75) is 13.3 Å². The summed E-state index contributed by atoms with van der Waals surface area (Å²) in [7, 11) is 0. The third-order valence-electron chi connectivity index (χ3n) is 3.74. The standard InChI is InChI=1S/C17H17ClN2O/c1-12-6-4-7-13(16(12)18)17(21)20-11-5-10-19-14-8-2-3-9-15(14)20/h2-4,6-9,19H,5,10-11H2,1H3. The Morgan fingerprint density at radius 3 is 2.86 bits per heavy atom. The molecule has 0 radical (unpaired) electrons. The van der Waals surface area contributed by atoms with Gasteiger partial charge in [-0.15, -0.1) is 0 Å². The van der Waals surface area contributed by atoms with E-state index in [9.17, 15) is 4.79 Å². The number of halogens is 1. The quantitative estimate of drug-likeness (QED) is 0.859. The second-order valence-corrected chi connectivity index (χ2v) is 5.57. The van der Waals surface area contributed by atoms with Crippen molar-refractivity contribution in [1.29, 1.82) is 0 Å². The van der Waals surface area contributed by atoms with Crippen LogP contribution in [0.15, 0.2) is 42.5 Å². The number of hydrogen-bond donors (Lipinski definition) is 1. The van der Waals surface area contributed by atoms with E-state index in [4.69, 9.17) is 11.6 Å². The van der Waals surface area contributed by atoms with E-state index >= 15 is 0 Å². The zero-order chi connectivity index (χ0) is 14.8. The van der Waals surface area contributed by atoms with Crippen LogP contribution in [0.5, 0.6) is 0 Å². The van der Waals surface area contributed by atoms with E-state index in [1.165, 1.54) is 0 Å². The molecule has 1 N–H and O–H groups in total. The number of anilines is 2. The Labute approximate surface area is 129 Å². The van der Waals surface area contributed by atoms with Crippen molar-refractivity contribution in [3.05, 3.63) is 58.6 Å². The molecule has 0 bridgehead atoms. The third-order valence-corrected chi connectivity index (χ3v) is 4.24. The van der Waals surface area contributed by atoms with Gasteiger partial charge in [-0.2, -0.15) is 0 Å². The number of benzene rings is 2. The van der Waals surface area contributed by atoms with Crippen LogP contribution in [0.1, 0.15) is 22.3 Å². The van der Waals surface area contributed by atoms with Crippen LogP contribution in [0.2, 0.25) is 5.02 Å². The number of carbonyl (C=O) groups excluding carboxylic acids is 1. The summed E-state index contributed by atoms with van der Waals surface area (Å²) >= 11 is 6.31. The maximum absolute atomic E-state index is 12.9. The fourth-order valence-electron chi connectivity index (χ4n) is 2.61. The van der Waals surface area contributed by atoms with Gasteiger partial charge in [0.25, 0.3) is 5.91 Å². The number of fused-ring (bicyclic) bond motifs is 1. The van der Waals surface area contributed by atoms with Crippen molar-refractivity contribution in [3.8, 4) is 0 Å². The number of rotatable bonds is 1. The summed E-state index contributed by atoms with van der Waals surface area (Å²) in [6, 6.07) is 13.5. The summed E-state index contributed by atoms with van der Waals surface area (Å²) in [5.74, 6) is -0.0418. The summed E-state index contributed by atoms with van der Waals surface area (Å²) in [5.41, 5.74) is 3.39. The topological polar surface area (TPSA) is 32.3 Å². The van der Waals surface area contributed by atoms with E-state index < -0.39 is 0 Å². The lowest BCUT2D eigenvalue weighted by atomic mass is 10.1. The zero-order valence-corrected chi connectivity index (χ0v) is 12.7. The van der Waals surface area contributed by atoms with Crippen molar-refractivity contribution in [3.63, 3.8) is 0 Å². The van der Waals surface area contributed by atoms with Crippen molar-refractivity contribution in [2.24, 2.45) is 0 Å². The van der Waals surface area contributed by atoms with Crippen LogP contribution in [0.25, 0.3) is 0 Å². The van der Waals surface area contributed by atoms with Gasteiger partial charge in [0, 0.05) is 13.1 Å². The molecule has 3 nitrogen and oxygen atoms in total. The number of hydrogen-bond acceptors (Lipinski definition) is 2. The average molecular weight is 301 g/mol. The molecule has 4 heteroatoms. The molecule has 0 saturated carbocycles. The minimum Gasteiger partial charge on any atom is -0.383 e. The molecule has 2 aromatic carbocycles. The Morgan fingerprint density at radius 1 is 1.19 bits per heavy atom. The van der Waals surface area contributed by atoms with Crippen molar-refractivity contribution >= 4 is 28.9 Å². The van der Waals surface area contributed by atoms with Gasteiger partial charge < -0.3 is 10.2 Å². The van der Waals surface area contributed by atoms with E-state index in [-0.39, 0.29) is 5.91 Å². The molecular formula is C17H17ClN2O. The normalized spacial score (nSPS) is 14.1. The molecular weight excluding hydrogens is 284 g/mol. The Morgan fingerprint density at radius 2 is 2.00 bits per heavy atom. The van der Waals surface area contributed by atoms with Crippen molar-refractivity contribution in [2.75, 3.05) is 23.3 Å². The molecule has 0 aromatic heterocycles. The first-order valence-electron chi connectivity index (χ1n) is 7.08. The van der Waals surface area contributed by atoms with Crippen LogP contribution >= 0.6 is 11.6 Å². The predicted octanol–water partition coefficient (Wildman–Crippen LogP) is 4.11. The van der Waals surface area contributed by atoms with Gasteiger partial charge in [-0.3, -0.25) is 4.79 Å². The van der Waals surface area contributed by atoms with E-state index in [1.807, 2.05) is 48.2 Å². The molecule has 0 aliphatic carbocycles.